The molecule has 0 aliphatic heterocycles. The number of ketones is 1. The van der Waals surface area contributed by atoms with Crippen LogP contribution in [0.25, 0.3) is 0 Å². The maximum Gasteiger partial charge on any atom is 0.341 e. The van der Waals surface area contributed by atoms with E-state index in [0.717, 1.165) is 29.7 Å². The van der Waals surface area contributed by atoms with E-state index in [9.17, 15) is 14.4 Å². The van der Waals surface area contributed by atoms with Crippen molar-refractivity contribution in [1.29, 1.82) is 0 Å². The Hall–Kier alpha value is -2.67. The van der Waals surface area contributed by atoms with Crippen LogP contribution in [0.2, 0.25) is 0 Å². The van der Waals surface area contributed by atoms with E-state index in [-0.39, 0.29) is 18.3 Å². The second-order valence-corrected chi connectivity index (χ2v) is 7.30. The first-order chi connectivity index (χ1) is 13.0. The van der Waals surface area contributed by atoms with Crippen LogP contribution in [0.4, 0.5) is 5.00 Å². The number of hydrogen-bond acceptors (Lipinski definition) is 6. The average molecular weight is 387 g/mol. The Morgan fingerprint density at radius 1 is 1.15 bits per heavy atom. The van der Waals surface area contributed by atoms with Gasteiger partial charge in [0.05, 0.1) is 12.7 Å². The molecule has 3 rings (SSSR count). The molecule has 1 aromatic carbocycles. The number of fused-ring (bicyclic) bond motifs is 1. The van der Waals surface area contributed by atoms with Crippen LogP contribution in [0.1, 0.15) is 50.9 Å². The Labute approximate surface area is 161 Å². The van der Waals surface area contributed by atoms with Crippen LogP contribution in [-0.2, 0) is 22.4 Å². The highest BCUT2D eigenvalue weighted by Gasteiger charge is 2.28. The van der Waals surface area contributed by atoms with Crippen molar-refractivity contribution >= 4 is 34.0 Å². The van der Waals surface area contributed by atoms with Gasteiger partial charge in [-0.3, -0.25) is 9.59 Å². The molecule has 1 heterocycles. The van der Waals surface area contributed by atoms with Gasteiger partial charge >= 0.3 is 5.97 Å². The molecule has 0 saturated heterocycles. The molecule has 1 amide bonds. The zero-order chi connectivity index (χ0) is 19.4. The number of esters is 1. The zero-order valence-corrected chi connectivity index (χ0v) is 16.1. The molecular formula is C20H21NO5S. The standard InChI is InChI=1S/C20H21NO5S/c1-3-15(22)12-7-9-13(10-8-12)26-11-17(23)21-19-18(20(24)25-2)14-5-4-6-16(14)27-19/h7-10H,3-6,11H2,1-2H3,(H,21,23). The van der Waals surface area contributed by atoms with Gasteiger partial charge in [-0.25, -0.2) is 4.79 Å². The van der Waals surface area contributed by atoms with Gasteiger partial charge in [0.2, 0.25) is 0 Å². The van der Waals surface area contributed by atoms with Gasteiger partial charge in [0.15, 0.2) is 12.4 Å². The third-order valence-electron chi connectivity index (χ3n) is 4.43. The van der Waals surface area contributed by atoms with Crippen molar-refractivity contribution in [1.82, 2.24) is 0 Å². The lowest BCUT2D eigenvalue weighted by molar-refractivity contribution is -0.118. The lowest BCUT2D eigenvalue weighted by Gasteiger charge is -2.09. The number of carbonyl (C=O) groups is 3. The van der Waals surface area contributed by atoms with Crippen LogP contribution < -0.4 is 10.1 Å². The minimum atomic E-state index is -0.429. The quantitative estimate of drug-likeness (QED) is 0.579. The minimum absolute atomic E-state index is 0.0559. The van der Waals surface area contributed by atoms with Crippen LogP contribution >= 0.6 is 11.3 Å². The SMILES string of the molecule is CCC(=O)c1ccc(OCC(=O)Nc2sc3c(c2C(=O)OC)CCC3)cc1. The molecule has 0 fully saturated rings. The normalized spacial score (nSPS) is 12.4. The maximum atomic E-state index is 12.3. The summed E-state index contributed by atoms with van der Waals surface area (Å²) < 4.78 is 10.3. The van der Waals surface area contributed by atoms with E-state index in [1.807, 2.05) is 0 Å². The molecule has 0 atom stereocenters. The lowest BCUT2D eigenvalue weighted by Crippen LogP contribution is -2.21. The number of amides is 1. The molecule has 142 valence electrons. The summed E-state index contributed by atoms with van der Waals surface area (Å²) in [4.78, 5) is 37.1. The Morgan fingerprint density at radius 3 is 2.56 bits per heavy atom. The number of ether oxygens (including phenoxy) is 2. The highest BCUT2D eigenvalue weighted by Crippen LogP contribution is 2.39. The molecule has 1 N–H and O–H groups in total. The smallest absolute Gasteiger partial charge is 0.341 e. The fourth-order valence-electron chi connectivity index (χ4n) is 3.06. The number of Topliss-reactive ketones (excluding diaryl/α,β-unsaturated/α-hetero) is 1. The van der Waals surface area contributed by atoms with Gasteiger partial charge in [0, 0.05) is 16.9 Å². The van der Waals surface area contributed by atoms with Crippen molar-refractivity contribution in [2.24, 2.45) is 0 Å². The molecule has 27 heavy (non-hydrogen) atoms. The molecule has 0 unspecified atom stereocenters. The summed E-state index contributed by atoms with van der Waals surface area (Å²) in [7, 11) is 1.34. The van der Waals surface area contributed by atoms with Gasteiger partial charge in [-0.05, 0) is 49.1 Å². The summed E-state index contributed by atoms with van der Waals surface area (Å²) in [5.41, 5.74) is 2.06. The zero-order valence-electron chi connectivity index (χ0n) is 15.3. The maximum absolute atomic E-state index is 12.3. The van der Waals surface area contributed by atoms with Crippen molar-refractivity contribution in [2.45, 2.75) is 32.6 Å². The van der Waals surface area contributed by atoms with Crippen molar-refractivity contribution in [3.05, 3.63) is 45.8 Å². The monoisotopic (exact) mass is 387 g/mol. The van der Waals surface area contributed by atoms with E-state index in [1.165, 1.54) is 18.4 Å². The van der Waals surface area contributed by atoms with Crippen molar-refractivity contribution in [2.75, 3.05) is 19.0 Å². The first-order valence-corrected chi connectivity index (χ1v) is 9.63. The second kappa shape index (κ2) is 8.35. The molecule has 0 saturated carbocycles. The Morgan fingerprint density at radius 2 is 1.89 bits per heavy atom. The molecule has 1 aromatic heterocycles. The third kappa shape index (κ3) is 4.19. The van der Waals surface area contributed by atoms with Gasteiger partial charge in [-0.15, -0.1) is 11.3 Å². The van der Waals surface area contributed by atoms with E-state index < -0.39 is 5.97 Å². The fourth-order valence-corrected chi connectivity index (χ4v) is 4.36. The van der Waals surface area contributed by atoms with Crippen molar-refractivity contribution in [3.63, 3.8) is 0 Å². The van der Waals surface area contributed by atoms with Crippen molar-refractivity contribution < 1.29 is 23.9 Å². The predicted molar refractivity (Wildman–Crippen MR) is 103 cm³/mol. The first-order valence-electron chi connectivity index (χ1n) is 8.82. The highest BCUT2D eigenvalue weighted by atomic mass is 32.1. The predicted octanol–water partition coefficient (Wildman–Crippen LogP) is 3.63. The fraction of sp³-hybridized carbons (Fsp3) is 0.350. The van der Waals surface area contributed by atoms with E-state index in [2.05, 4.69) is 5.32 Å². The van der Waals surface area contributed by atoms with Crippen LogP contribution in [-0.4, -0.2) is 31.4 Å². The first kappa shape index (κ1) is 19.1. The third-order valence-corrected chi connectivity index (χ3v) is 5.64. The minimum Gasteiger partial charge on any atom is -0.484 e. The van der Waals surface area contributed by atoms with E-state index in [1.54, 1.807) is 31.2 Å². The number of benzene rings is 1. The molecule has 1 aliphatic carbocycles. The summed E-state index contributed by atoms with van der Waals surface area (Å²) in [6.07, 6.45) is 3.19. The van der Waals surface area contributed by atoms with Gasteiger partial charge in [0.25, 0.3) is 5.91 Å². The summed E-state index contributed by atoms with van der Waals surface area (Å²) in [5, 5.41) is 3.28. The van der Waals surface area contributed by atoms with Crippen LogP contribution in [0.15, 0.2) is 24.3 Å². The second-order valence-electron chi connectivity index (χ2n) is 6.19. The molecule has 0 spiro atoms. The van der Waals surface area contributed by atoms with E-state index in [0.29, 0.717) is 28.3 Å². The largest absolute Gasteiger partial charge is 0.484 e. The number of anilines is 1. The Bertz CT molecular complexity index is 869. The Kier molecular flexibility index (Phi) is 5.91. The van der Waals surface area contributed by atoms with Gasteiger partial charge in [-0.1, -0.05) is 6.92 Å². The average Bonchev–Trinajstić information content (AvgIpc) is 3.26. The topological polar surface area (TPSA) is 81.7 Å². The van der Waals surface area contributed by atoms with Gasteiger partial charge < -0.3 is 14.8 Å². The number of thiophene rings is 1. The van der Waals surface area contributed by atoms with Crippen LogP contribution in [0.3, 0.4) is 0 Å². The number of rotatable bonds is 7. The molecular weight excluding hydrogens is 366 g/mol. The van der Waals surface area contributed by atoms with E-state index >= 15 is 0 Å². The number of nitrogens with one attached hydrogen (secondary N) is 1. The van der Waals surface area contributed by atoms with E-state index in [4.69, 9.17) is 9.47 Å². The lowest BCUT2D eigenvalue weighted by atomic mass is 10.1. The molecule has 7 heteroatoms. The molecule has 2 aromatic rings. The molecule has 0 radical (unpaired) electrons. The molecule has 1 aliphatic rings. The summed E-state index contributed by atoms with van der Waals surface area (Å²) in [6.45, 7) is 1.62. The van der Waals surface area contributed by atoms with Crippen molar-refractivity contribution in [3.8, 4) is 5.75 Å². The van der Waals surface area contributed by atoms with Gasteiger partial charge in [-0.2, -0.15) is 0 Å². The summed E-state index contributed by atoms with van der Waals surface area (Å²) in [6, 6.07) is 6.68. The Balaban J connectivity index is 1.63. The highest BCUT2D eigenvalue weighted by molar-refractivity contribution is 7.17. The van der Waals surface area contributed by atoms with Crippen LogP contribution in [0.5, 0.6) is 5.75 Å². The number of aryl methyl sites for hydroxylation is 1. The number of carbonyl (C=O) groups excluding carboxylic acids is 3. The summed E-state index contributed by atoms with van der Waals surface area (Å²) >= 11 is 1.42. The molecule has 6 nitrogen and oxygen atoms in total. The summed E-state index contributed by atoms with van der Waals surface area (Å²) in [5.74, 6) is -0.226. The number of methoxy groups -OCH3 is 1. The van der Waals surface area contributed by atoms with Gasteiger partial charge in [0.1, 0.15) is 10.8 Å². The van der Waals surface area contributed by atoms with Crippen LogP contribution in [0, 0.1) is 0 Å². The number of hydrogen-bond donors (Lipinski definition) is 1. The molecule has 0 bridgehead atoms.